The number of anilines is 6. The Labute approximate surface area is 754 Å². The van der Waals surface area contributed by atoms with Crippen LogP contribution in [-0.2, 0) is 115 Å². The van der Waals surface area contributed by atoms with Gasteiger partial charge in [-0.3, -0.25) is 111 Å². The van der Waals surface area contributed by atoms with Gasteiger partial charge in [-0.15, -0.1) is 0 Å². The summed E-state index contributed by atoms with van der Waals surface area (Å²) in [5, 5.41) is 33.7. The van der Waals surface area contributed by atoms with Gasteiger partial charge in [-0.25, -0.2) is 72.2 Å². The number of phosphoric ester groups is 6. The fourth-order valence-corrected chi connectivity index (χ4v) is 23.4. The first-order valence-corrected chi connectivity index (χ1v) is 49.4. The highest BCUT2D eigenvalue weighted by atomic mass is 31.2. The number of hydrogen-bond acceptors (Lipinski definition) is 49. The predicted octanol–water partition coefficient (Wildman–Crippen LogP) is -1.97. The molecular formula is C66H79N27O37P6. The summed E-state index contributed by atoms with van der Waals surface area (Å²) in [5.74, 6) is -0.674. The van der Waals surface area contributed by atoms with Crippen molar-refractivity contribution in [1.82, 2.24) is 102 Å². The number of hydrogen-bond donors (Lipinski definition) is 18. The highest BCUT2D eigenvalue weighted by molar-refractivity contribution is 7.48. The molecule has 22 rings (SSSR count). The SMILES string of the molecule is C[C@@H]1OP(=O)(O)O[C@@H]2C[C@@H](COP(=O)(O)O[C@@H]3[C@H]1OC(n1cnc4c(N)ccnc41)[C@@H]3O)O[C@H]2n1cnc2c(=O)[nH]c(N)nc21.C[C@H]1OP(=O)(O)O[C@@H]2C[C@@H](COP(=O)(O)O[C@H]3[C@@H](O)[C@H](n4cnc5c(N)ccnc54)O[C@@H]31)O[C@H]2n1cnc2c(=O)[nH]c(N)nc21.Nc1nc2c(ncn2[C@@H]2O[C@@]34CO[C@@H]3C2OP(=O)(O)OC[C@H]2O[C@@H](n3cnc5c(N)ccnc53)C(O)[C@H]2OP(=O)(O)OC4)c(=O)[nH]1. The van der Waals surface area contributed by atoms with Gasteiger partial charge in [-0.1, -0.05) is 0 Å². The van der Waals surface area contributed by atoms with E-state index in [0.717, 1.165) is 0 Å². The van der Waals surface area contributed by atoms with Crippen molar-refractivity contribution in [1.29, 1.82) is 0 Å². The number of imidazole rings is 6. The van der Waals surface area contributed by atoms with Gasteiger partial charge in [-0.05, 0) is 32.0 Å². The Morgan fingerprint density at radius 1 is 0.360 bits per heavy atom. The van der Waals surface area contributed by atoms with Crippen molar-refractivity contribution in [3.8, 4) is 0 Å². The molecule has 12 aromatic heterocycles. The third kappa shape index (κ3) is 17.4. The molecular weight excluding hydrogens is 1950 g/mol. The summed E-state index contributed by atoms with van der Waals surface area (Å²) in [6.07, 6.45) is -20.2. The fourth-order valence-electron chi connectivity index (χ4n) is 17.3. The molecule has 9 unspecified atom stereocenters. The van der Waals surface area contributed by atoms with Crippen molar-refractivity contribution in [2.45, 2.75) is 173 Å². The summed E-state index contributed by atoms with van der Waals surface area (Å²) < 4.78 is 194. The van der Waals surface area contributed by atoms with Gasteiger partial charge >= 0.3 is 46.9 Å². The Hall–Kier alpha value is -10.0. The van der Waals surface area contributed by atoms with E-state index in [1.165, 1.54) is 116 Å². The number of fused-ring (bicyclic) bond motifs is 13. The lowest BCUT2D eigenvalue weighted by atomic mass is 9.91. The number of H-pyrrole nitrogens is 3. The number of pyridine rings is 3. The summed E-state index contributed by atoms with van der Waals surface area (Å²) in [7, 11) is -29.8. The van der Waals surface area contributed by atoms with Gasteiger partial charge in [0, 0.05) is 31.4 Å². The van der Waals surface area contributed by atoms with Crippen molar-refractivity contribution in [2.75, 3.05) is 67.4 Å². The molecule has 0 spiro atoms. The Balaban J connectivity index is 0.000000126. The molecule has 64 nitrogen and oxygen atoms in total. The van der Waals surface area contributed by atoms with E-state index in [2.05, 4.69) is 74.8 Å². The van der Waals surface area contributed by atoms with Crippen LogP contribution in [0.25, 0.3) is 67.0 Å². The molecule has 730 valence electrons. The number of aromatic nitrogens is 21. The largest absolute Gasteiger partial charge is 0.472 e. The van der Waals surface area contributed by atoms with Gasteiger partial charge in [-0.2, -0.15) is 15.0 Å². The molecule has 10 saturated heterocycles. The molecule has 136 heavy (non-hydrogen) atoms. The molecule has 0 aromatic carbocycles. The van der Waals surface area contributed by atoms with E-state index in [1.54, 1.807) is 0 Å². The van der Waals surface area contributed by atoms with Crippen LogP contribution in [0.5, 0.6) is 0 Å². The van der Waals surface area contributed by atoms with E-state index < -0.39 is 237 Å². The van der Waals surface area contributed by atoms with Crippen LogP contribution in [0.4, 0.5) is 34.9 Å². The summed E-state index contributed by atoms with van der Waals surface area (Å²) in [4.78, 5) is 158. The molecule has 0 saturated carbocycles. The molecule has 30 atom stereocenters. The maximum absolute atomic E-state index is 13.4. The Morgan fingerprint density at radius 3 is 1.09 bits per heavy atom. The van der Waals surface area contributed by atoms with Crippen LogP contribution in [-0.4, -0.2) is 289 Å². The summed E-state index contributed by atoms with van der Waals surface area (Å²) in [5.41, 5.74) is 33.7. The number of ether oxygens (including phenoxy) is 7. The first kappa shape index (κ1) is 93.6. The second-order valence-corrected chi connectivity index (χ2v) is 40.6. The van der Waals surface area contributed by atoms with E-state index in [9.17, 15) is 86.5 Å². The molecule has 6 bridgehead atoms. The van der Waals surface area contributed by atoms with E-state index in [0.29, 0.717) is 33.6 Å². The monoisotopic (exact) mass is 2030 g/mol. The van der Waals surface area contributed by atoms with Gasteiger partial charge in [0.1, 0.15) is 102 Å². The predicted molar refractivity (Wildman–Crippen MR) is 446 cm³/mol. The number of rotatable bonds is 6. The number of aliphatic hydroxyl groups is 3. The maximum atomic E-state index is 13.4. The van der Waals surface area contributed by atoms with E-state index in [1.807, 2.05) is 0 Å². The summed E-state index contributed by atoms with van der Waals surface area (Å²) in [6.45, 7) is -0.0588. The molecule has 0 amide bonds. The lowest BCUT2D eigenvalue weighted by Crippen LogP contribution is -2.61. The first-order chi connectivity index (χ1) is 64.4. The minimum atomic E-state index is -5.02. The van der Waals surface area contributed by atoms with Gasteiger partial charge in [0.2, 0.25) is 17.8 Å². The zero-order valence-corrected chi connectivity index (χ0v) is 74.7. The molecule has 0 radical (unpaired) electrons. The number of nitrogens with one attached hydrogen (secondary N) is 3. The standard InChI is InChI=1S/C22H25N9O13P2.2C22H27N9O12P2/c23-8-1-2-25-16-10(8)26-6-30(16)19-12(32)13-9(41-19)3-39-45(34,35)44-14-15-22(4-38-15,5-40-46(36,37)43-13)42-20(14)31-7-27-11-17(31)28-21(24)29-18(11)33;2*1-8-15-16(14(32)21(40-15)30-6-26-12-10(23)2-3-25-17(12)30)43-44(34,35)38-5-9-4-11(42-45(36,37)41-8)20(39-9)31-7-27-13-18(31)28-22(24)29-19(13)33/h1-2,6-7,9,12-15,19-20,32H,3-5H2,(H2,23,25)(H,34,35)(H,36,37)(H3,24,28,29,33);2*2-3,6-9,11,14-16,20-21,32H,4-5H2,1H3,(H2,23,25)(H,34,35)(H,36,37)(H3,24,28,29,33)/t9-,12?,13+,14?,15-,19-,20-,22-;8-,9+,11-,14-,15-,16+,20-,21-;8-,9-,11+,14+,15-,16-,20+,21?/m110/s1. The van der Waals surface area contributed by atoms with Crippen LogP contribution in [0.3, 0.4) is 0 Å². The zero-order chi connectivity index (χ0) is 95.8. The second kappa shape index (κ2) is 34.8. The summed E-state index contributed by atoms with van der Waals surface area (Å²) >= 11 is 0. The molecule has 10 aliphatic rings. The molecule has 12 aromatic rings. The number of nitrogen functional groups attached to an aromatic ring is 6. The minimum Gasteiger partial charge on any atom is -0.397 e. The number of aliphatic hydroxyl groups excluding tert-OH is 3. The maximum Gasteiger partial charge on any atom is 0.472 e. The van der Waals surface area contributed by atoms with E-state index in [4.69, 9.17) is 122 Å². The highest BCUT2D eigenvalue weighted by Crippen LogP contribution is 2.61. The smallest absolute Gasteiger partial charge is 0.397 e. The molecule has 70 heteroatoms. The zero-order valence-electron chi connectivity index (χ0n) is 69.3. The average Bonchev–Trinajstić information content (AvgIpc) is 1.55. The normalized spacial score (nSPS) is 38.4. The van der Waals surface area contributed by atoms with Crippen molar-refractivity contribution in [3.05, 3.63) is 106 Å². The number of nitrogens with zero attached hydrogens (tertiary/aromatic N) is 18. The van der Waals surface area contributed by atoms with Crippen LogP contribution < -0.4 is 51.1 Å². The fraction of sp³-hybridized carbons (Fsp3) is 0.500. The third-order valence-electron chi connectivity index (χ3n) is 23.3. The van der Waals surface area contributed by atoms with E-state index >= 15 is 0 Å². The minimum absolute atomic E-state index is 0.0127. The first-order valence-electron chi connectivity index (χ1n) is 40.5. The second-order valence-electron chi connectivity index (χ2n) is 32.3. The van der Waals surface area contributed by atoms with Crippen molar-refractivity contribution < 1.29 is 160 Å². The van der Waals surface area contributed by atoms with Crippen LogP contribution in [0, 0.1) is 0 Å². The number of aromatic amines is 3. The van der Waals surface area contributed by atoms with Crippen LogP contribution >= 0.6 is 46.9 Å². The average molecular weight is 2030 g/mol. The number of nitrogens with two attached hydrogens (primary N) is 6. The third-order valence-corrected chi connectivity index (χ3v) is 29.5. The topological polar surface area (TPSA) is 899 Å². The molecule has 10 fully saturated rings. The van der Waals surface area contributed by atoms with Crippen molar-refractivity contribution in [3.63, 3.8) is 0 Å². The van der Waals surface area contributed by atoms with Crippen LogP contribution in [0.15, 0.2) is 89.1 Å². The van der Waals surface area contributed by atoms with Crippen molar-refractivity contribution in [2.24, 2.45) is 0 Å². The lowest BCUT2D eigenvalue weighted by molar-refractivity contribution is -0.244. The molecule has 24 N–H and O–H groups in total. The molecule has 22 heterocycles. The highest BCUT2D eigenvalue weighted by Gasteiger charge is 2.67. The molecule has 10 aliphatic heterocycles. The van der Waals surface area contributed by atoms with Gasteiger partial charge in [0.05, 0.1) is 112 Å². The quantitative estimate of drug-likeness (QED) is 0.0803. The van der Waals surface area contributed by atoms with Gasteiger partial charge in [0.25, 0.3) is 16.7 Å². The Morgan fingerprint density at radius 2 is 0.699 bits per heavy atom. The van der Waals surface area contributed by atoms with Gasteiger partial charge < -0.3 is 112 Å². The lowest BCUT2D eigenvalue weighted by Gasteiger charge is -2.43. The Bertz CT molecular complexity index is 6930. The molecule has 0 aliphatic carbocycles. The van der Waals surface area contributed by atoms with E-state index in [-0.39, 0.29) is 87.7 Å². The summed E-state index contributed by atoms with van der Waals surface area (Å²) in [6, 6.07) is 4.58. The van der Waals surface area contributed by atoms with Crippen molar-refractivity contribution >= 4 is 149 Å². The van der Waals surface area contributed by atoms with Gasteiger partial charge in [0.15, 0.2) is 87.8 Å². The van der Waals surface area contributed by atoms with Crippen LogP contribution in [0.2, 0.25) is 0 Å². The van der Waals surface area contributed by atoms with Crippen LogP contribution in [0.1, 0.15) is 64.1 Å². The Kier molecular flexibility index (Phi) is 23.9. The number of phosphoric acid groups is 6.